The van der Waals surface area contributed by atoms with Crippen molar-refractivity contribution in [3.05, 3.63) is 23.2 Å². The highest BCUT2D eigenvalue weighted by atomic mass is 35.5. The number of alkyl halides is 2. The van der Waals surface area contributed by atoms with Gasteiger partial charge in [-0.2, -0.15) is 0 Å². The molecule has 0 atom stereocenters. The van der Waals surface area contributed by atoms with Crippen LogP contribution in [0.25, 0.3) is 0 Å². The van der Waals surface area contributed by atoms with Gasteiger partial charge >= 0.3 is 0 Å². The standard InChI is InChI=1S/C10H12ClF2N3/c11-8-6-15-5-7(16-8)9(14)1-3-10(12,13)4-2-9/h5-6H,1-4,14H2. The summed E-state index contributed by atoms with van der Waals surface area (Å²) in [6.07, 6.45) is 2.88. The Kier molecular flexibility index (Phi) is 2.84. The molecule has 0 unspecified atom stereocenters. The second-order valence-electron chi connectivity index (χ2n) is 4.24. The molecule has 1 aromatic heterocycles. The van der Waals surface area contributed by atoms with Gasteiger partial charge in [-0.15, -0.1) is 0 Å². The number of rotatable bonds is 1. The van der Waals surface area contributed by atoms with Gasteiger partial charge in [-0.05, 0) is 12.8 Å². The van der Waals surface area contributed by atoms with Gasteiger partial charge in [-0.25, -0.2) is 13.8 Å². The molecule has 0 saturated heterocycles. The summed E-state index contributed by atoms with van der Waals surface area (Å²) in [6, 6.07) is 0. The molecule has 6 heteroatoms. The van der Waals surface area contributed by atoms with Gasteiger partial charge in [-0.1, -0.05) is 11.6 Å². The quantitative estimate of drug-likeness (QED) is 0.830. The summed E-state index contributed by atoms with van der Waals surface area (Å²) in [4.78, 5) is 7.93. The van der Waals surface area contributed by atoms with E-state index >= 15 is 0 Å². The third-order valence-corrected chi connectivity index (χ3v) is 3.17. The molecule has 1 saturated carbocycles. The van der Waals surface area contributed by atoms with E-state index in [0.29, 0.717) is 5.69 Å². The van der Waals surface area contributed by atoms with Crippen LogP contribution < -0.4 is 5.73 Å². The summed E-state index contributed by atoms with van der Waals surface area (Å²) < 4.78 is 26.1. The van der Waals surface area contributed by atoms with Gasteiger partial charge in [0.2, 0.25) is 5.92 Å². The summed E-state index contributed by atoms with van der Waals surface area (Å²) >= 11 is 5.70. The van der Waals surface area contributed by atoms with Crippen LogP contribution in [0.5, 0.6) is 0 Å². The molecule has 0 radical (unpaired) electrons. The topological polar surface area (TPSA) is 51.8 Å². The predicted octanol–water partition coefficient (Wildman–Crippen LogP) is 2.49. The molecule has 0 aliphatic heterocycles. The van der Waals surface area contributed by atoms with Crippen molar-refractivity contribution in [3.8, 4) is 0 Å². The molecule has 88 valence electrons. The van der Waals surface area contributed by atoms with Crippen LogP contribution in [0.4, 0.5) is 8.78 Å². The highest BCUT2D eigenvalue weighted by molar-refractivity contribution is 6.29. The molecule has 1 fully saturated rings. The van der Waals surface area contributed by atoms with Crippen molar-refractivity contribution in [2.75, 3.05) is 0 Å². The maximum atomic E-state index is 13.0. The Hall–Kier alpha value is -0.810. The minimum atomic E-state index is -2.60. The van der Waals surface area contributed by atoms with Crippen LogP contribution in [-0.4, -0.2) is 15.9 Å². The van der Waals surface area contributed by atoms with Crippen LogP contribution in [0.2, 0.25) is 5.15 Å². The molecule has 16 heavy (non-hydrogen) atoms. The summed E-state index contributed by atoms with van der Waals surface area (Å²) in [6.45, 7) is 0. The van der Waals surface area contributed by atoms with Crippen molar-refractivity contribution < 1.29 is 8.78 Å². The summed E-state index contributed by atoms with van der Waals surface area (Å²) in [7, 11) is 0. The van der Waals surface area contributed by atoms with Gasteiger partial charge in [0.1, 0.15) is 5.15 Å². The number of halogens is 3. The van der Waals surface area contributed by atoms with E-state index in [-0.39, 0.29) is 30.8 Å². The lowest BCUT2D eigenvalue weighted by molar-refractivity contribution is -0.0519. The molecule has 1 aliphatic rings. The third kappa shape index (κ3) is 2.30. The second kappa shape index (κ2) is 3.89. The van der Waals surface area contributed by atoms with E-state index in [2.05, 4.69) is 9.97 Å². The molecule has 0 spiro atoms. The lowest BCUT2D eigenvalue weighted by Crippen LogP contribution is -2.44. The van der Waals surface area contributed by atoms with Crippen LogP contribution in [0.1, 0.15) is 31.4 Å². The van der Waals surface area contributed by atoms with Gasteiger partial charge in [0.25, 0.3) is 0 Å². The molecule has 1 aliphatic carbocycles. The van der Waals surface area contributed by atoms with Crippen molar-refractivity contribution in [3.63, 3.8) is 0 Å². The van der Waals surface area contributed by atoms with E-state index in [4.69, 9.17) is 17.3 Å². The lowest BCUT2D eigenvalue weighted by Gasteiger charge is -2.36. The Morgan fingerprint density at radius 1 is 1.19 bits per heavy atom. The normalized spacial score (nSPS) is 23.0. The first-order valence-corrected chi connectivity index (χ1v) is 5.44. The molecule has 1 heterocycles. The van der Waals surface area contributed by atoms with Gasteiger partial charge in [0.15, 0.2) is 0 Å². The first-order valence-electron chi connectivity index (χ1n) is 5.06. The zero-order valence-corrected chi connectivity index (χ0v) is 9.34. The van der Waals surface area contributed by atoms with Gasteiger partial charge in [0.05, 0.1) is 23.6 Å². The number of nitrogens with zero attached hydrogens (tertiary/aromatic N) is 2. The molecule has 0 aromatic carbocycles. The highest BCUT2D eigenvalue weighted by Gasteiger charge is 2.43. The van der Waals surface area contributed by atoms with Crippen LogP contribution in [-0.2, 0) is 5.54 Å². The fraction of sp³-hybridized carbons (Fsp3) is 0.600. The zero-order valence-electron chi connectivity index (χ0n) is 8.59. The molecule has 0 bridgehead atoms. The van der Waals surface area contributed by atoms with Crippen molar-refractivity contribution in [1.82, 2.24) is 9.97 Å². The predicted molar refractivity (Wildman–Crippen MR) is 56.3 cm³/mol. The van der Waals surface area contributed by atoms with Crippen LogP contribution in [0.3, 0.4) is 0 Å². The van der Waals surface area contributed by atoms with Crippen molar-refractivity contribution >= 4 is 11.6 Å². The summed E-state index contributed by atoms with van der Waals surface area (Å²) in [5, 5.41) is 0.236. The first kappa shape index (κ1) is 11.7. The number of nitrogens with two attached hydrogens (primary N) is 1. The average Bonchev–Trinajstić information content (AvgIpc) is 2.23. The smallest absolute Gasteiger partial charge is 0.248 e. The number of hydrogen-bond donors (Lipinski definition) is 1. The lowest BCUT2D eigenvalue weighted by atomic mass is 9.78. The Balaban J connectivity index is 2.21. The fourth-order valence-corrected chi connectivity index (χ4v) is 2.05. The minimum Gasteiger partial charge on any atom is -0.320 e. The Morgan fingerprint density at radius 3 is 2.38 bits per heavy atom. The monoisotopic (exact) mass is 247 g/mol. The molecule has 2 N–H and O–H groups in total. The SMILES string of the molecule is NC1(c2cncc(Cl)n2)CCC(F)(F)CC1. The van der Waals surface area contributed by atoms with Gasteiger partial charge < -0.3 is 5.73 Å². The Morgan fingerprint density at radius 2 is 1.81 bits per heavy atom. The number of hydrogen-bond acceptors (Lipinski definition) is 3. The molecular weight excluding hydrogens is 236 g/mol. The molecule has 3 nitrogen and oxygen atoms in total. The van der Waals surface area contributed by atoms with Gasteiger partial charge in [0, 0.05) is 12.8 Å². The van der Waals surface area contributed by atoms with E-state index in [0.717, 1.165) is 0 Å². The third-order valence-electron chi connectivity index (χ3n) is 2.99. The van der Waals surface area contributed by atoms with E-state index in [1.807, 2.05) is 0 Å². The zero-order chi connectivity index (χ0) is 11.8. The van der Waals surface area contributed by atoms with Crippen molar-refractivity contribution in [2.45, 2.75) is 37.1 Å². The van der Waals surface area contributed by atoms with Gasteiger partial charge in [-0.3, -0.25) is 4.98 Å². The van der Waals surface area contributed by atoms with Crippen LogP contribution >= 0.6 is 11.6 Å². The molecule has 2 rings (SSSR count). The maximum Gasteiger partial charge on any atom is 0.248 e. The maximum absolute atomic E-state index is 13.0. The van der Waals surface area contributed by atoms with E-state index in [9.17, 15) is 8.78 Å². The largest absolute Gasteiger partial charge is 0.320 e. The summed E-state index contributed by atoms with van der Waals surface area (Å²) in [5.41, 5.74) is 5.75. The minimum absolute atomic E-state index is 0.203. The summed E-state index contributed by atoms with van der Waals surface area (Å²) in [5.74, 6) is -2.60. The van der Waals surface area contributed by atoms with E-state index in [1.165, 1.54) is 12.4 Å². The van der Waals surface area contributed by atoms with Crippen molar-refractivity contribution in [2.24, 2.45) is 5.73 Å². The Bertz CT molecular complexity index is 387. The molecular formula is C10H12ClF2N3. The average molecular weight is 248 g/mol. The molecule has 1 aromatic rings. The first-order chi connectivity index (χ1) is 7.41. The van der Waals surface area contributed by atoms with E-state index < -0.39 is 11.5 Å². The molecule has 0 amide bonds. The number of aromatic nitrogens is 2. The highest BCUT2D eigenvalue weighted by Crippen LogP contribution is 2.41. The Labute approximate surface area is 97.0 Å². The fourth-order valence-electron chi connectivity index (χ4n) is 1.90. The van der Waals surface area contributed by atoms with Crippen molar-refractivity contribution in [1.29, 1.82) is 0 Å². The van der Waals surface area contributed by atoms with Crippen LogP contribution in [0.15, 0.2) is 12.4 Å². The van der Waals surface area contributed by atoms with E-state index in [1.54, 1.807) is 0 Å². The second-order valence-corrected chi connectivity index (χ2v) is 4.63. The van der Waals surface area contributed by atoms with Crippen LogP contribution in [0, 0.1) is 0 Å².